The smallest absolute Gasteiger partial charge is 0.267 e. The summed E-state index contributed by atoms with van der Waals surface area (Å²) in [7, 11) is 0. The summed E-state index contributed by atoms with van der Waals surface area (Å²) < 4.78 is 0. The number of carbonyl (C=O) groups is 2. The van der Waals surface area contributed by atoms with Gasteiger partial charge in [0.25, 0.3) is 5.91 Å². The summed E-state index contributed by atoms with van der Waals surface area (Å²) >= 11 is 0. The summed E-state index contributed by atoms with van der Waals surface area (Å²) in [5.74, 6) is -0.521. The van der Waals surface area contributed by atoms with E-state index >= 15 is 0 Å². The Morgan fingerprint density at radius 3 is 2.15 bits per heavy atom. The summed E-state index contributed by atoms with van der Waals surface area (Å²) in [6.45, 7) is 9.75. The number of carbonyl (C=O) groups excluding carboxylic acids is 2. The molecule has 1 aromatic carbocycles. The van der Waals surface area contributed by atoms with Gasteiger partial charge in [0.2, 0.25) is 0 Å². The molecule has 0 bridgehead atoms. The van der Waals surface area contributed by atoms with Gasteiger partial charge in [0.15, 0.2) is 5.78 Å². The van der Waals surface area contributed by atoms with E-state index in [1.54, 1.807) is 30.5 Å². The van der Waals surface area contributed by atoms with Crippen LogP contribution in [-0.4, -0.2) is 33.7 Å². The summed E-state index contributed by atoms with van der Waals surface area (Å²) in [6.07, 6.45) is 3.20. The summed E-state index contributed by atoms with van der Waals surface area (Å²) in [5, 5.41) is 12.3. The minimum atomic E-state index is -0.477. The number of nitrogens with zero attached hydrogens (tertiary/aromatic N) is 2. The molecular weight excluding hydrogens is 340 g/mol. The fraction of sp³-hybridized carbons (Fsp3) is 0.476. The van der Waals surface area contributed by atoms with E-state index in [1.165, 1.54) is 6.92 Å². The molecule has 1 aliphatic heterocycles. The van der Waals surface area contributed by atoms with Crippen LogP contribution in [0.25, 0.3) is 0 Å². The normalized spacial score (nSPS) is 19.3. The average Bonchev–Trinajstić information content (AvgIpc) is 2.53. The molecule has 3 N–H and O–H groups in total. The predicted octanol–water partition coefficient (Wildman–Crippen LogP) is 3.22. The summed E-state index contributed by atoms with van der Waals surface area (Å²) in [4.78, 5) is 26.0. The van der Waals surface area contributed by atoms with Crippen LogP contribution in [0.15, 0.2) is 36.0 Å². The van der Waals surface area contributed by atoms with Crippen molar-refractivity contribution in [3.8, 4) is 6.07 Å². The average molecular weight is 368 g/mol. The molecule has 1 amide bonds. The maximum absolute atomic E-state index is 12.6. The minimum absolute atomic E-state index is 0.0299. The molecule has 0 spiro atoms. The first-order chi connectivity index (χ1) is 12.5. The molecule has 6 nitrogen and oxygen atoms in total. The second-order valence-corrected chi connectivity index (χ2v) is 8.41. The Morgan fingerprint density at radius 1 is 1.19 bits per heavy atom. The van der Waals surface area contributed by atoms with Crippen LogP contribution < -0.4 is 11.1 Å². The van der Waals surface area contributed by atoms with Gasteiger partial charge in [-0.15, -0.1) is 0 Å². The van der Waals surface area contributed by atoms with E-state index < -0.39 is 5.91 Å². The Labute approximate surface area is 161 Å². The molecule has 1 heterocycles. The number of benzene rings is 1. The third-order valence-electron chi connectivity index (χ3n) is 5.00. The van der Waals surface area contributed by atoms with Crippen molar-refractivity contribution in [1.29, 1.82) is 5.26 Å². The van der Waals surface area contributed by atoms with Gasteiger partial charge in [-0.05, 0) is 71.7 Å². The van der Waals surface area contributed by atoms with Gasteiger partial charge in [0, 0.05) is 34.6 Å². The highest BCUT2D eigenvalue weighted by molar-refractivity contribution is 6.06. The lowest BCUT2D eigenvalue weighted by Crippen LogP contribution is -2.61. The van der Waals surface area contributed by atoms with Crippen molar-refractivity contribution in [2.75, 3.05) is 5.32 Å². The third kappa shape index (κ3) is 4.75. The summed E-state index contributed by atoms with van der Waals surface area (Å²) in [6, 6.07) is 8.68. The van der Waals surface area contributed by atoms with E-state index in [2.05, 4.69) is 37.9 Å². The molecule has 27 heavy (non-hydrogen) atoms. The number of hydrogen-bond donors (Lipinski definition) is 2. The zero-order valence-corrected chi connectivity index (χ0v) is 16.7. The van der Waals surface area contributed by atoms with Gasteiger partial charge in [-0.25, -0.2) is 0 Å². The van der Waals surface area contributed by atoms with E-state index in [9.17, 15) is 14.9 Å². The lowest BCUT2D eigenvalue weighted by Gasteiger charge is -2.54. The van der Waals surface area contributed by atoms with Crippen LogP contribution in [0.4, 0.5) is 5.69 Å². The van der Waals surface area contributed by atoms with Crippen molar-refractivity contribution >= 4 is 17.4 Å². The lowest BCUT2D eigenvalue weighted by molar-refractivity contribution is -0.112. The molecule has 1 saturated heterocycles. The first-order valence-electron chi connectivity index (χ1n) is 9.05. The Hall–Kier alpha value is -2.65. The van der Waals surface area contributed by atoms with Gasteiger partial charge < -0.3 is 16.0 Å². The molecule has 1 aromatic rings. The van der Waals surface area contributed by atoms with Crippen LogP contribution >= 0.6 is 0 Å². The number of anilines is 1. The molecule has 1 fully saturated rings. The van der Waals surface area contributed by atoms with Crippen molar-refractivity contribution in [3.05, 3.63) is 41.6 Å². The Kier molecular flexibility index (Phi) is 5.76. The van der Waals surface area contributed by atoms with Gasteiger partial charge in [-0.2, -0.15) is 5.26 Å². The van der Waals surface area contributed by atoms with Crippen molar-refractivity contribution in [2.45, 2.75) is 64.6 Å². The van der Waals surface area contributed by atoms with Crippen molar-refractivity contribution < 1.29 is 9.59 Å². The highest BCUT2D eigenvalue weighted by Gasteiger charge is 2.43. The number of amides is 1. The number of hydrogen-bond acceptors (Lipinski definition) is 5. The first-order valence-corrected chi connectivity index (χ1v) is 9.05. The van der Waals surface area contributed by atoms with Crippen molar-refractivity contribution in [1.82, 2.24) is 4.90 Å². The van der Waals surface area contributed by atoms with Crippen LogP contribution in [-0.2, 0) is 4.79 Å². The Balaban J connectivity index is 2.25. The van der Waals surface area contributed by atoms with E-state index in [-0.39, 0.29) is 28.5 Å². The predicted molar refractivity (Wildman–Crippen MR) is 106 cm³/mol. The molecule has 6 heteroatoms. The fourth-order valence-corrected chi connectivity index (χ4v) is 3.98. The summed E-state index contributed by atoms with van der Waals surface area (Å²) in [5.41, 5.74) is 6.78. The SMILES string of the molecule is CC(=O)c1ccc(NC(=O)/C(C#N)=C\N2C(C)(C)CC(N)CC2(C)C)cc1. The van der Waals surface area contributed by atoms with Crippen LogP contribution in [0, 0.1) is 11.3 Å². The van der Waals surface area contributed by atoms with Gasteiger partial charge >= 0.3 is 0 Å². The first kappa shape index (κ1) is 20.7. The number of rotatable bonds is 4. The number of ketones is 1. The number of nitrogens with one attached hydrogen (secondary N) is 1. The monoisotopic (exact) mass is 368 g/mol. The highest BCUT2D eigenvalue weighted by Crippen LogP contribution is 2.38. The molecular formula is C21H28N4O2. The van der Waals surface area contributed by atoms with Crippen LogP contribution in [0.2, 0.25) is 0 Å². The Morgan fingerprint density at radius 2 is 1.70 bits per heavy atom. The fourth-order valence-electron chi connectivity index (χ4n) is 3.98. The molecule has 0 atom stereocenters. The van der Waals surface area contributed by atoms with Crippen LogP contribution in [0.3, 0.4) is 0 Å². The molecule has 0 aliphatic carbocycles. The molecule has 1 aliphatic rings. The van der Waals surface area contributed by atoms with Crippen molar-refractivity contribution in [3.63, 3.8) is 0 Å². The van der Waals surface area contributed by atoms with E-state index in [0.29, 0.717) is 11.3 Å². The maximum atomic E-state index is 12.6. The lowest BCUT2D eigenvalue weighted by atomic mass is 9.77. The zero-order chi connectivity index (χ0) is 20.4. The second kappa shape index (κ2) is 7.53. The zero-order valence-electron chi connectivity index (χ0n) is 16.7. The number of piperidine rings is 1. The minimum Gasteiger partial charge on any atom is -0.366 e. The second-order valence-electron chi connectivity index (χ2n) is 8.41. The maximum Gasteiger partial charge on any atom is 0.267 e. The number of likely N-dealkylation sites (tertiary alicyclic amines) is 1. The van der Waals surface area contributed by atoms with Crippen LogP contribution in [0.1, 0.15) is 57.8 Å². The van der Waals surface area contributed by atoms with E-state index in [4.69, 9.17) is 5.73 Å². The van der Waals surface area contributed by atoms with Crippen LogP contribution in [0.5, 0.6) is 0 Å². The molecule has 144 valence electrons. The van der Waals surface area contributed by atoms with Crippen molar-refractivity contribution in [2.24, 2.45) is 5.73 Å². The molecule has 0 saturated carbocycles. The standard InChI is InChI=1S/C21H28N4O2/c1-14(26)15-6-8-18(9-7-15)24-19(27)16(12-22)13-25-20(2,3)10-17(23)11-21(25,4)5/h6-9,13,17H,10-11,23H2,1-5H3,(H,24,27)/b16-13-. The quantitative estimate of drug-likeness (QED) is 0.483. The van der Waals surface area contributed by atoms with E-state index in [0.717, 1.165) is 12.8 Å². The van der Waals surface area contributed by atoms with E-state index in [1.807, 2.05) is 6.07 Å². The highest BCUT2D eigenvalue weighted by atomic mass is 16.1. The number of Topliss-reactive ketones (excluding diaryl/α,β-unsaturated/α-hetero) is 1. The third-order valence-corrected chi connectivity index (χ3v) is 5.00. The van der Waals surface area contributed by atoms with Gasteiger partial charge in [0.1, 0.15) is 11.6 Å². The van der Waals surface area contributed by atoms with Gasteiger partial charge in [-0.1, -0.05) is 0 Å². The molecule has 0 radical (unpaired) electrons. The topological polar surface area (TPSA) is 99.2 Å². The Bertz CT molecular complexity index is 782. The number of nitrogens with two attached hydrogens (primary N) is 1. The molecule has 2 rings (SSSR count). The molecule has 0 unspecified atom stereocenters. The van der Waals surface area contributed by atoms with Gasteiger partial charge in [-0.3, -0.25) is 9.59 Å². The molecule has 0 aromatic heterocycles. The number of nitriles is 1. The van der Waals surface area contributed by atoms with Gasteiger partial charge in [0.05, 0.1) is 0 Å². The largest absolute Gasteiger partial charge is 0.366 e.